The maximum atomic E-state index is 6.15. The Labute approximate surface area is 161 Å². The summed E-state index contributed by atoms with van der Waals surface area (Å²) >= 11 is 6.15. The standard InChI is InChI=1S/C19H29ClN6/c1-14(2)12-18(19-21-22-23-26(19)15(3)4)25-10-8-24(9-11-25)17-7-5-6-16(20)13-17/h5-7,13-15,18H,8-12H2,1-4H3/t18-/m0/s1. The highest BCUT2D eigenvalue weighted by Gasteiger charge is 2.30. The fourth-order valence-electron chi connectivity index (χ4n) is 3.62. The molecule has 7 heteroatoms. The van der Waals surface area contributed by atoms with Gasteiger partial charge in [-0.2, -0.15) is 0 Å². The van der Waals surface area contributed by atoms with Crippen LogP contribution in [-0.2, 0) is 0 Å². The molecule has 26 heavy (non-hydrogen) atoms. The molecule has 0 amide bonds. The van der Waals surface area contributed by atoms with E-state index >= 15 is 0 Å². The van der Waals surface area contributed by atoms with Crippen LogP contribution in [0.1, 0.15) is 52.0 Å². The molecule has 1 atom stereocenters. The van der Waals surface area contributed by atoms with Gasteiger partial charge in [0.25, 0.3) is 0 Å². The van der Waals surface area contributed by atoms with Crippen molar-refractivity contribution in [2.24, 2.45) is 5.92 Å². The molecule has 142 valence electrons. The first-order chi connectivity index (χ1) is 12.5. The summed E-state index contributed by atoms with van der Waals surface area (Å²) in [5.41, 5.74) is 1.20. The third-order valence-corrected chi connectivity index (χ3v) is 5.16. The lowest BCUT2D eigenvalue weighted by atomic mass is 10.0. The Morgan fingerprint density at radius 3 is 2.42 bits per heavy atom. The first kappa shape index (κ1) is 19.1. The highest BCUT2D eigenvalue weighted by molar-refractivity contribution is 6.30. The average Bonchev–Trinajstić information content (AvgIpc) is 3.09. The van der Waals surface area contributed by atoms with E-state index in [0.717, 1.165) is 43.4 Å². The third-order valence-electron chi connectivity index (χ3n) is 4.93. The lowest BCUT2D eigenvalue weighted by Gasteiger charge is -2.40. The largest absolute Gasteiger partial charge is 0.369 e. The Morgan fingerprint density at radius 1 is 1.08 bits per heavy atom. The molecular weight excluding hydrogens is 348 g/mol. The molecule has 0 N–H and O–H groups in total. The van der Waals surface area contributed by atoms with E-state index in [1.165, 1.54) is 5.69 Å². The number of halogens is 1. The number of rotatable bonds is 6. The minimum absolute atomic E-state index is 0.258. The number of aromatic nitrogens is 4. The Balaban J connectivity index is 1.74. The second-order valence-electron chi connectivity index (χ2n) is 7.72. The van der Waals surface area contributed by atoms with Crippen LogP contribution >= 0.6 is 11.6 Å². The maximum Gasteiger partial charge on any atom is 0.168 e. The van der Waals surface area contributed by atoms with Gasteiger partial charge in [0.05, 0.1) is 12.1 Å². The minimum Gasteiger partial charge on any atom is -0.369 e. The quantitative estimate of drug-likeness (QED) is 0.767. The van der Waals surface area contributed by atoms with Crippen molar-refractivity contribution in [3.8, 4) is 0 Å². The Hall–Kier alpha value is -1.66. The summed E-state index contributed by atoms with van der Waals surface area (Å²) < 4.78 is 1.97. The SMILES string of the molecule is CC(C)C[C@@H](c1nnnn1C(C)C)N1CCN(c2cccc(Cl)c2)CC1. The lowest BCUT2D eigenvalue weighted by molar-refractivity contribution is 0.151. The van der Waals surface area contributed by atoms with Crippen LogP contribution in [-0.4, -0.2) is 51.3 Å². The fourth-order valence-corrected chi connectivity index (χ4v) is 3.80. The fraction of sp³-hybridized carbons (Fsp3) is 0.632. The Morgan fingerprint density at radius 2 is 1.81 bits per heavy atom. The molecular formula is C19H29ClN6. The van der Waals surface area contributed by atoms with E-state index in [4.69, 9.17) is 11.6 Å². The zero-order valence-electron chi connectivity index (χ0n) is 16.1. The van der Waals surface area contributed by atoms with E-state index in [2.05, 4.69) is 59.1 Å². The van der Waals surface area contributed by atoms with E-state index in [9.17, 15) is 0 Å². The number of anilines is 1. The average molecular weight is 377 g/mol. The summed E-state index contributed by atoms with van der Waals surface area (Å²) in [4.78, 5) is 4.94. The van der Waals surface area contributed by atoms with Crippen molar-refractivity contribution in [2.45, 2.75) is 46.2 Å². The van der Waals surface area contributed by atoms with Crippen molar-refractivity contribution in [3.63, 3.8) is 0 Å². The van der Waals surface area contributed by atoms with Crippen molar-refractivity contribution in [2.75, 3.05) is 31.1 Å². The number of benzene rings is 1. The molecule has 3 rings (SSSR count). The monoisotopic (exact) mass is 376 g/mol. The molecule has 0 spiro atoms. The summed E-state index contributed by atoms with van der Waals surface area (Å²) in [6.45, 7) is 12.7. The summed E-state index contributed by atoms with van der Waals surface area (Å²) in [5.74, 6) is 1.58. The summed E-state index contributed by atoms with van der Waals surface area (Å²) in [7, 11) is 0. The number of tetrazole rings is 1. The van der Waals surface area contributed by atoms with Gasteiger partial charge in [0, 0.05) is 36.9 Å². The van der Waals surface area contributed by atoms with Gasteiger partial charge in [0.2, 0.25) is 0 Å². The predicted octanol–water partition coefficient (Wildman–Crippen LogP) is 3.82. The number of nitrogens with zero attached hydrogens (tertiary/aromatic N) is 6. The number of hydrogen-bond acceptors (Lipinski definition) is 5. The van der Waals surface area contributed by atoms with Crippen molar-refractivity contribution in [3.05, 3.63) is 35.1 Å². The molecule has 2 aromatic rings. The molecule has 1 fully saturated rings. The van der Waals surface area contributed by atoms with Crippen LogP contribution in [0.2, 0.25) is 5.02 Å². The van der Waals surface area contributed by atoms with Crippen LogP contribution in [0.3, 0.4) is 0 Å². The van der Waals surface area contributed by atoms with Crippen LogP contribution in [0.4, 0.5) is 5.69 Å². The summed E-state index contributed by atoms with van der Waals surface area (Å²) in [6, 6.07) is 8.64. The number of hydrogen-bond donors (Lipinski definition) is 0. The predicted molar refractivity (Wildman–Crippen MR) is 106 cm³/mol. The highest BCUT2D eigenvalue weighted by Crippen LogP contribution is 2.29. The molecule has 1 aromatic carbocycles. The van der Waals surface area contributed by atoms with E-state index < -0.39 is 0 Å². The molecule has 1 saturated heterocycles. The van der Waals surface area contributed by atoms with Crippen LogP contribution < -0.4 is 4.90 Å². The van der Waals surface area contributed by atoms with Gasteiger partial charge in [0.15, 0.2) is 5.82 Å². The topological polar surface area (TPSA) is 50.1 Å². The van der Waals surface area contributed by atoms with Crippen molar-refractivity contribution >= 4 is 17.3 Å². The zero-order valence-corrected chi connectivity index (χ0v) is 16.9. The van der Waals surface area contributed by atoms with E-state index in [-0.39, 0.29) is 12.1 Å². The minimum atomic E-state index is 0.258. The molecule has 1 aliphatic rings. The van der Waals surface area contributed by atoms with Crippen LogP contribution in [0.15, 0.2) is 24.3 Å². The first-order valence-corrected chi connectivity index (χ1v) is 9.86. The van der Waals surface area contributed by atoms with Gasteiger partial charge in [-0.25, -0.2) is 4.68 Å². The number of piperazine rings is 1. The molecule has 6 nitrogen and oxygen atoms in total. The summed E-state index contributed by atoms with van der Waals surface area (Å²) in [5, 5.41) is 13.3. The van der Waals surface area contributed by atoms with E-state index in [1.54, 1.807) is 0 Å². The van der Waals surface area contributed by atoms with E-state index in [0.29, 0.717) is 5.92 Å². The van der Waals surface area contributed by atoms with Crippen molar-refractivity contribution in [1.82, 2.24) is 25.1 Å². The van der Waals surface area contributed by atoms with Crippen LogP contribution in [0.25, 0.3) is 0 Å². The molecule has 0 saturated carbocycles. The lowest BCUT2D eigenvalue weighted by Crippen LogP contribution is -2.48. The second-order valence-corrected chi connectivity index (χ2v) is 8.16. The van der Waals surface area contributed by atoms with Gasteiger partial charge in [-0.05, 0) is 54.8 Å². The molecule has 0 radical (unpaired) electrons. The Bertz CT molecular complexity index is 706. The van der Waals surface area contributed by atoms with Gasteiger partial charge < -0.3 is 4.90 Å². The van der Waals surface area contributed by atoms with Gasteiger partial charge >= 0.3 is 0 Å². The van der Waals surface area contributed by atoms with Gasteiger partial charge in [-0.3, -0.25) is 4.90 Å². The van der Waals surface area contributed by atoms with Crippen molar-refractivity contribution in [1.29, 1.82) is 0 Å². The van der Waals surface area contributed by atoms with Crippen LogP contribution in [0, 0.1) is 5.92 Å². The van der Waals surface area contributed by atoms with Crippen molar-refractivity contribution < 1.29 is 0 Å². The highest BCUT2D eigenvalue weighted by atomic mass is 35.5. The zero-order chi connectivity index (χ0) is 18.7. The molecule has 1 aromatic heterocycles. The summed E-state index contributed by atoms with van der Waals surface area (Å²) in [6.07, 6.45) is 1.06. The van der Waals surface area contributed by atoms with Gasteiger partial charge in [-0.1, -0.05) is 31.5 Å². The van der Waals surface area contributed by atoms with Crippen LogP contribution in [0.5, 0.6) is 0 Å². The van der Waals surface area contributed by atoms with Gasteiger partial charge in [0.1, 0.15) is 0 Å². The first-order valence-electron chi connectivity index (χ1n) is 9.48. The third kappa shape index (κ3) is 4.35. The second kappa shape index (κ2) is 8.35. The molecule has 0 unspecified atom stereocenters. The molecule has 0 bridgehead atoms. The smallest absolute Gasteiger partial charge is 0.168 e. The van der Waals surface area contributed by atoms with Gasteiger partial charge in [-0.15, -0.1) is 5.10 Å². The van der Waals surface area contributed by atoms with E-state index in [1.807, 2.05) is 22.9 Å². The molecule has 2 heterocycles. The molecule has 1 aliphatic heterocycles. The normalized spacial score (nSPS) is 17.3. The Kier molecular flexibility index (Phi) is 6.14. The maximum absolute atomic E-state index is 6.15. The molecule has 0 aliphatic carbocycles.